The zero-order valence-corrected chi connectivity index (χ0v) is 13.0. The van der Waals surface area contributed by atoms with Crippen LogP contribution in [0.25, 0.3) is 0 Å². The number of carbonyl (C=O) groups excluding carboxylic acids is 1. The van der Waals surface area contributed by atoms with E-state index >= 15 is 0 Å². The van der Waals surface area contributed by atoms with E-state index in [-0.39, 0.29) is 11.3 Å². The lowest BCUT2D eigenvalue weighted by Crippen LogP contribution is -2.31. The Morgan fingerprint density at radius 2 is 2.20 bits per heavy atom. The maximum Gasteiger partial charge on any atom is 0.217 e. The molecule has 1 aromatic rings. The number of carbonyl (C=O) groups is 1. The van der Waals surface area contributed by atoms with Gasteiger partial charge in [0.1, 0.15) is 0 Å². The average molecular weight is 295 g/mol. The third-order valence-electron chi connectivity index (χ3n) is 4.04. The van der Waals surface area contributed by atoms with E-state index in [1.54, 1.807) is 0 Å². The number of fused-ring (bicyclic) bond motifs is 1. The molecule has 1 atom stereocenters. The first-order valence-electron chi connectivity index (χ1n) is 7.20. The lowest BCUT2D eigenvalue weighted by molar-refractivity contribution is -0.118. The molecule has 1 aliphatic carbocycles. The molecule has 3 N–H and O–H groups in total. The summed E-state index contributed by atoms with van der Waals surface area (Å²) in [6.07, 6.45) is 3.35. The Kier molecular flexibility index (Phi) is 4.71. The molecule has 0 aliphatic heterocycles. The molecule has 1 amide bonds. The molecule has 0 fully saturated rings. The molecule has 20 heavy (non-hydrogen) atoms. The van der Waals surface area contributed by atoms with Gasteiger partial charge in [-0.05, 0) is 54.5 Å². The smallest absolute Gasteiger partial charge is 0.217 e. The van der Waals surface area contributed by atoms with Gasteiger partial charge < -0.3 is 11.1 Å². The Labute approximate surface area is 125 Å². The third-order valence-corrected chi connectivity index (χ3v) is 4.28. The van der Waals surface area contributed by atoms with Crippen molar-refractivity contribution < 1.29 is 4.79 Å². The van der Waals surface area contributed by atoms with Crippen LogP contribution < -0.4 is 11.1 Å². The summed E-state index contributed by atoms with van der Waals surface area (Å²) in [5.74, 6) is -0.219. The van der Waals surface area contributed by atoms with Crippen LogP contribution >= 0.6 is 11.6 Å². The highest BCUT2D eigenvalue weighted by Gasteiger charge is 2.38. The number of benzene rings is 1. The zero-order chi connectivity index (χ0) is 14.8. The molecule has 0 radical (unpaired) electrons. The van der Waals surface area contributed by atoms with Gasteiger partial charge in [0, 0.05) is 17.5 Å². The quantitative estimate of drug-likeness (QED) is 0.792. The summed E-state index contributed by atoms with van der Waals surface area (Å²) in [5.41, 5.74) is 8.04. The van der Waals surface area contributed by atoms with E-state index < -0.39 is 0 Å². The average Bonchev–Trinajstić information content (AvgIpc) is 2.59. The summed E-state index contributed by atoms with van der Waals surface area (Å²) in [7, 11) is 0. The van der Waals surface area contributed by atoms with Crippen molar-refractivity contribution in [2.45, 2.75) is 45.6 Å². The molecule has 3 nitrogen and oxygen atoms in total. The Hall–Kier alpha value is -1.06. The molecular weight excluding hydrogens is 272 g/mol. The van der Waals surface area contributed by atoms with Crippen molar-refractivity contribution >= 4 is 17.5 Å². The van der Waals surface area contributed by atoms with E-state index in [1.807, 2.05) is 6.07 Å². The molecule has 0 heterocycles. The predicted molar refractivity (Wildman–Crippen MR) is 82.7 cm³/mol. The van der Waals surface area contributed by atoms with Gasteiger partial charge in [-0.25, -0.2) is 0 Å². The molecule has 4 heteroatoms. The van der Waals surface area contributed by atoms with Crippen LogP contribution in [0.5, 0.6) is 0 Å². The Balaban J connectivity index is 1.96. The minimum atomic E-state index is -0.219. The Bertz CT molecular complexity index is 499. The molecule has 0 spiro atoms. The van der Waals surface area contributed by atoms with Gasteiger partial charge in [-0.2, -0.15) is 0 Å². The standard InChI is InChI=1S/C16H23ClN2O/c1-16(2)10-11-6-7-12(17)9-13(11)15(16)19-8-4-3-5-14(18)20/h6-7,9,15,19H,3-5,8,10H2,1-2H3,(H2,18,20). The molecule has 0 saturated heterocycles. The molecule has 2 rings (SSSR count). The van der Waals surface area contributed by atoms with Crippen molar-refractivity contribution in [1.82, 2.24) is 5.32 Å². The van der Waals surface area contributed by atoms with Gasteiger partial charge in [-0.15, -0.1) is 0 Å². The lowest BCUT2D eigenvalue weighted by atomic mass is 9.85. The summed E-state index contributed by atoms with van der Waals surface area (Å²) < 4.78 is 0. The van der Waals surface area contributed by atoms with Crippen LogP contribution in [0.2, 0.25) is 5.02 Å². The molecular formula is C16H23ClN2O. The van der Waals surface area contributed by atoms with E-state index in [4.69, 9.17) is 17.3 Å². The number of unbranched alkanes of at least 4 members (excludes halogenated alkanes) is 1. The zero-order valence-electron chi connectivity index (χ0n) is 12.2. The minimum absolute atomic E-state index is 0.191. The summed E-state index contributed by atoms with van der Waals surface area (Å²) in [5, 5.41) is 4.41. The van der Waals surface area contributed by atoms with Crippen molar-refractivity contribution in [3.8, 4) is 0 Å². The normalized spacial score (nSPS) is 19.9. The topological polar surface area (TPSA) is 55.1 Å². The summed E-state index contributed by atoms with van der Waals surface area (Å²) in [4.78, 5) is 10.7. The van der Waals surface area contributed by atoms with Gasteiger partial charge in [0.25, 0.3) is 0 Å². The first-order valence-corrected chi connectivity index (χ1v) is 7.58. The van der Waals surface area contributed by atoms with E-state index in [0.29, 0.717) is 12.5 Å². The minimum Gasteiger partial charge on any atom is -0.370 e. The van der Waals surface area contributed by atoms with Gasteiger partial charge in [0.05, 0.1) is 0 Å². The predicted octanol–water partition coefficient (Wildman–Crippen LogP) is 3.21. The highest BCUT2D eigenvalue weighted by molar-refractivity contribution is 6.30. The van der Waals surface area contributed by atoms with Gasteiger partial charge in [0.2, 0.25) is 5.91 Å². The number of rotatable bonds is 6. The van der Waals surface area contributed by atoms with Crippen molar-refractivity contribution in [3.05, 3.63) is 34.3 Å². The summed E-state index contributed by atoms with van der Waals surface area (Å²) >= 11 is 6.12. The van der Waals surface area contributed by atoms with Crippen LogP contribution in [0.15, 0.2) is 18.2 Å². The van der Waals surface area contributed by atoms with E-state index in [9.17, 15) is 4.79 Å². The fourth-order valence-corrected chi connectivity index (χ4v) is 3.25. The molecule has 0 bridgehead atoms. The molecule has 1 aliphatic rings. The number of primary amides is 1. The van der Waals surface area contributed by atoms with Gasteiger partial charge in [-0.3, -0.25) is 4.79 Å². The van der Waals surface area contributed by atoms with Crippen LogP contribution in [-0.2, 0) is 11.2 Å². The summed E-state index contributed by atoms with van der Waals surface area (Å²) in [6, 6.07) is 6.50. The van der Waals surface area contributed by atoms with Crippen LogP contribution in [0.3, 0.4) is 0 Å². The maximum absolute atomic E-state index is 10.7. The fraction of sp³-hybridized carbons (Fsp3) is 0.562. The Morgan fingerprint density at radius 3 is 2.90 bits per heavy atom. The van der Waals surface area contributed by atoms with E-state index in [2.05, 4.69) is 31.3 Å². The van der Waals surface area contributed by atoms with Gasteiger partial charge >= 0.3 is 0 Å². The second-order valence-electron chi connectivity index (χ2n) is 6.32. The van der Waals surface area contributed by atoms with E-state index in [1.165, 1.54) is 11.1 Å². The molecule has 0 saturated carbocycles. The van der Waals surface area contributed by atoms with Crippen molar-refractivity contribution in [1.29, 1.82) is 0 Å². The number of amides is 1. The first-order chi connectivity index (χ1) is 9.40. The number of nitrogens with one attached hydrogen (secondary N) is 1. The van der Waals surface area contributed by atoms with Crippen molar-refractivity contribution in [2.24, 2.45) is 11.1 Å². The highest BCUT2D eigenvalue weighted by atomic mass is 35.5. The van der Waals surface area contributed by atoms with Crippen LogP contribution in [0.4, 0.5) is 0 Å². The third kappa shape index (κ3) is 3.53. The number of nitrogens with two attached hydrogens (primary N) is 1. The lowest BCUT2D eigenvalue weighted by Gasteiger charge is -2.28. The van der Waals surface area contributed by atoms with Gasteiger partial charge in [-0.1, -0.05) is 31.5 Å². The second-order valence-corrected chi connectivity index (χ2v) is 6.76. The van der Waals surface area contributed by atoms with Crippen LogP contribution in [0.1, 0.15) is 50.3 Å². The molecule has 1 aromatic carbocycles. The monoisotopic (exact) mass is 294 g/mol. The maximum atomic E-state index is 10.7. The van der Waals surface area contributed by atoms with Crippen molar-refractivity contribution in [3.63, 3.8) is 0 Å². The fourth-order valence-electron chi connectivity index (χ4n) is 3.07. The number of halogens is 1. The van der Waals surface area contributed by atoms with Crippen LogP contribution in [0, 0.1) is 5.41 Å². The molecule has 1 unspecified atom stereocenters. The first kappa shape index (κ1) is 15.3. The molecule has 0 aromatic heterocycles. The number of hydrogen-bond acceptors (Lipinski definition) is 2. The summed E-state index contributed by atoms with van der Waals surface area (Å²) in [6.45, 7) is 5.46. The largest absolute Gasteiger partial charge is 0.370 e. The number of hydrogen-bond donors (Lipinski definition) is 2. The van der Waals surface area contributed by atoms with E-state index in [0.717, 1.165) is 30.8 Å². The second kappa shape index (κ2) is 6.15. The van der Waals surface area contributed by atoms with Crippen LogP contribution in [-0.4, -0.2) is 12.5 Å². The molecule has 110 valence electrons. The SMILES string of the molecule is CC1(C)Cc2ccc(Cl)cc2C1NCCCCC(N)=O. The highest BCUT2D eigenvalue weighted by Crippen LogP contribution is 2.45. The Morgan fingerprint density at radius 1 is 1.45 bits per heavy atom. The van der Waals surface area contributed by atoms with Crippen molar-refractivity contribution in [2.75, 3.05) is 6.54 Å². The van der Waals surface area contributed by atoms with Gasteiger partial charge in [0.15, 0.2) is 0 Å².